The van der Waals surface area contributed by atoms with E-state index in [1.807, 2.05) is 0 Å². The van der Waals surface area contributed by atoms with Crippen molar-refractivity contribution in [2.24, 2.45) is 0 Å². The lowest BCUT2D eigenvalue weighted by Gasteiger charge is -2.09. The zero-order chi connectivity index (χ0) is 11.5. The Labute approximate surface area is 93.6 Å². The van der Waals surface area contributed by atoms with E-state index in [0.717, 1.165) is 11.6 Å². The molecule has 0 bridgehead atoms. The molecule has 0 aliphatic rings. The fraction of sp³-hybridized carbons (Fsp3) is 0.300. The minimum atomic E-state index is -4.46. The van der Waals surface area contributed by atoms with Gasteiger partial charge in [0.2, 0.25) is 0 Å². The highest BCUT2D eigenvalue weighted by atomic mass is 79.9. The molecule has 0 saturated heterocycles. The molecule has 0 aliphatic heterocycles. The Morgan fingerprint density at radius 1 is 1.33 bits per heavy atom. The predicted octanol–water partition coefficient (Wildman–Crippen LogP) is 3.51. The van der Waals surface area contributed by atoms with Crippen LogP contribution >= 0.6 is 15.9 Å². The number of aryl methyl sites for hydroxylation is 1. The standard InChI is InChI=1S/C10H7BrF3N/c11-4-3-7-1-2-9(10(12,13)14)8(5-7)6-15/h1-2,5H,3-4H2. The molecule has 0 radical (unpaired) electrons. The number of halogens is 4. The Morgan fingerprint density at radius 2 is 2.00 bits per heavy atom. The van der Waals surface area contributed by atoms with Gasteiger partial charge in [-0.3, -0.25) is 0 Å². The fourth-order valence-electron chi connectivity index (χ4n) is 1.20. The van der Waals surface area contributed by atoms with Gasteiger partial charge in [0.05, 0.1) is 17.2 Å². The van der Waals surface area contributed by atoms with E-state index in [4.69, 9.17) is 5.26 Å². The normalized spacial score (nSPS) is 11.1. The Kier molecular flexibility index (Phi) is 3.75. The Bertz CT molecular complexity index is 393. The molecule has 0 heterocycles. The third-order valence-corrected chi connectivity index (χ3v) is 2.29. The van der Waals surface area contributed by atoms with Crippen molar-refractivity contribution in [2.75, 3.05) is 5.33 Å². The van der Waals surface area contributed by atoms with Crippen LogP contribution in [0.5, 0.6) is 0 Å². The quantitative estimate of drug-likeness (QED) is 0.759. The van der Waals surface area contributed by atoms with Crippen LogP contribution in [0.25, 0.3) is 0 Å². The van der Waals surface area contributed by atoms with Crippen molar-refractivity contribution in [2.45, 2.75) is 12.6 Å². The first-order chi connectivity index (χ1) is 6.99. The topological polar surface area (TPSA) is 23.8 Å². The van der Waals surface area contributed by atoms with Crippen molar-refractivity contribution in [3.05, 3.63) is 34.9 Å². The molecule has 0 aliphatic carbocycles. The summed E-state index contributed by atoms with van der Waals surface area (Å²) in [7, 11) is 0. The second-order valence-electron chi connectivity index (χ2n) is 2.93. The molecule has 1 rings (SSSR count). The molecule has 0 amide bonds. The van der Waals surface area contributed by atoms with Gasteiger partial charge in [-0.25, -0.2) is 0 Å². The van der Waals surface area contributed by atoms with Gasteiger partial charge in [-0.2, -0.15) is 18.4 Å². The highest BCUT2D eigenvalue weighted by Gasteiger charge is 2.33. The first-order valence-electron chi connectivity index (χ1n) is 4.15. The van der Waals surface area contributed by atoms with Crippen LogP contribution < -0.4 is 0 Å². The molecule has 0 N–H and O–H groups in total. The van der Waals surface area contributed by atoms with Crippen LogP contribution in [0, 0.1) is 11.3 Å². The predicted molar refractivity (Wildman–Crippen MR) is 53.7 cm³/mol. The average Bonchev–Trinajstić information content (AvgIpc) is 2.16. The van der Waals surface area contributed by atoms with Crippen LogP contribution in [0.15, 0.2) is 18.2 Å². The molecule has 1 aromatic carbocycles. The third-order valence-electron chi connectivity index (χ3n) is 1.89. The van der Waals surface area contributed by atoms with Gasteiger partial charge in [-0.1, -0.05) is 22.0 Å². The molecule has 1 nitrogen and oxygen atoms in total. The van der Waals surface area contributed by atoms with E-state index >= 15 is 0 Å². The van der Waals surface area contributed by atoms with E-state index in [1.54, 1.807) is 6.07 Å². The second-order valence-corrected chi connectivity index (χ2v) is 3.72. The molecule has 0 saturated carbocycles. The zero-order valence-electron chi connectivity index (χ0n) is 7.61. The van der Waals surface area contributed by atoms with E-state index < -0.39 is 11.7 Å². The van der Waals surface area contributed by atoms with Crippen molar-refractivity contribution in [1.82, 2.24) is 0 Å². The maximum atomic E-state index is 12.4. The van der Waals surface area contributed by atoms with Crippen LogP contribution in [0.1, 0.15) is 16.7 Å². The number of benzene rings is 1. The molecule has 80 valence electrons. The highest BCUT2D eigenvalue weighted by molar-refractivity contribution is 9.09. The van der Waals surface area contributed by atoms with Crippen molar-refractivity contribution < 1.29 is 13.2 Å². The van der Waals surface area contributed by atoms with Gasteiger partial charge < -0.3 is 0 Å². The van der Waals surface area contributed by atoms with Crippen LogP contribution in [0.4, 0.5) is 13.2 Å². The number of hydrogen-bond donors (Lipinski definition) is 0. The maximum Gasteiger partial charge on any atom is 0.417 e. The van der Waals surface area contributed by atoms with E-state index in [-0.39, 0.29) is 5.56 Å². The lowest BCUT2D eigenvalue weighted by atomic mass is 10.0. The van der Waals surface area contributed by atoms with Crippen molar-refractivity contribution in [3.8, 4) is 6.07 Å². The maximum absolute atomic E-state index is 12.4. The van der Waals surface area contributed by atoms with E-state index in [0.29, 0.717) is 11.8 Å². The third kappa shape index (κ3) is 2.96. The summed E-state index contributed by atoms with van der Waals surface area (Å²) in [5.41, 5.74) is -0.472. The van der Waals surface area contributed by atoms with Gasteiger partial charge in [0.25, 0.3) is 0 Å². The Hall–Kier alpha value is -1.02. The number of alkyl halides is 4. The van der Waals surface area contributed by atoms with Crippen molar-refractivity contribution in [3.63, 3.8) is 0 Å². The summed E-state index contributed by atoms with van der Waals surface area (Å²) < 4.78 is 37.2. The number of hydrogen-bond acceptors (Lipinski definition) is 1. The second kappa shape index (κ2) is 4.67. The zero-order valence-corrected chi connectivity index (χ0v) is 9.19. The summed E-state index contributed by atoms with van der Waals surface area (Å²) in [5, 5.41) is 9.27. The lowest BCUT2D eigenvalue weighted by Crippen LogP contribution is -2.08. The van der Waals surface area contributed by atoms with E-state index in [9.17, 15) is 13.2 Å². The fourth-order valence-corrected chi connectivity index (χ4v) is 1.65. The smallest absolute Gasteiger partial charge is 0.192 e. The molecule has 0 spiro atoms. The van der Waals surface area contributed by atoms with E-state index in [1.165, 1.54) is 12.1 Å². The van der Waals surface area contributed by atoms with Crippen molar-refractivity contribution >= 4 is 15.9 Å². The van der Waals surface area contributed by atoms with Crippen LogP contribution in [-0.4, -0.2) is 5.33 Å². The minimum absolute atomic E-state index is 0.319. The summed E-state index contributed by atoms with van der Waals surface area (Å²) in [6.07, 6.45) is -3.86. The molecular weight excluding hydrogens is 271 g/mol. The summed E-state index contributed by atoms with van der Waals surface area (Å²) in [6.45, 7) is 0. The Balaban J connectivity index is 3.17. The molecule has 0 atom stereocenters. The monoisotopic (exact) mass is 277 g/mol. The lowest BCUT2D eigenvalue weighted by molar-refractivity contribution is -0.137. The first kappa shape index (κ1) is 12.1. The van der Waals surface area contributed by atoms with Gasteiger partial charge in [0.1, 0.15) is 0 Å². The molecule has 15 heavy (non-hydrogen) atoms. The molecule has 0 aromatic heterocycles. The SMILES string of the molecule is N#Cc1cc(CCBr)ccc1C(F)(F)F. The van der Waals surface area contributed by atoms with Crippen LogP contribution in [0.2, 0.25) is 0 Å². The minimum Gasteiger partial charge on any atom is -0.192 e. The number of nitrogens with zero attached hydrogens (tertiary/aromatic N) is 1. The highest BCUT2D eigenvalue weighted by Crippen LogP contribution is 2.32. The summed E-state index contributed by atoms with van der Waals surface area (Å²) in [4.78, 5) is 0. The van der Waals surface area contributed by atoms with Gasteiger partial charge >= 0.3 is 6.18 Å². The van der Waals surface area contributed by atoms with Gasteiger partial charge in [-0.05, 0) is 24.1 Å². The van der Waals surface area contributed by atoms with Gasteiger partial charge in [0.15, 0.2) is 0 Å². The first-order valence-corrected chi connectivity index (χ1v) is 5.27. The van der Waals surface area contributed by atoms with Crippen LogP contribution in [0.3, 0.4) is 0 Å². The molecule has 1 aromatic rings. The molecular formula is C10H7BrF3N. The number of nitriles is 1. The average molecular weight is 278 g/mol. The van der Waals surface area contributed by atoms with E-state index in [2.05, 4.69) is 15.9 Å². The molecule has 0 unspecified atom stereocenters. The van der Waals surface area contributed by atoms with Gasteiger partial charge in [-0.15, -0.1) is 0 Å². The number of rotatable bonds is 2. The summed E-state index contributed by atoms with van der Waals surface area (Å²) in [6, 6.07) is 5.20. The van der Waals surface area contributed by atoms with Crippen LogP contribution in [-0.2, 0) is 12.6 Å². The van der Waals surface area contributed by atoms with Gasteiger partial charge in [0, 0.05) is 5.33 Å². The Morgan fingerprint density at radius 3 is 2.47 bits per heavy atom. The largest absolute Gasteiger partial charge is 0.417 e. The molecule has 5 heteroatoms. The molecule has 0 fully saturated rings. The summed E-state index contributed by atoms with van der Waals surface area (Å²) >= 11 is 3.19. The summed E-state index contributed by atoms with van der Waals surface area (Å²) in [5.74, 6) is 0. The van der Waals surface area contributed by atoms with Crippen molar-refractivity contribution in [1.29, 1.82) is 5.26 Å².